The van der Waals surface area contributed by atoms with Crippen molar-refractivity contribution in [2.24, 2.45) is 0 Å². The van der Waals surface area contributed by atoms with E-state index in [1.165, 1.54) is 11.3 Å². The minimum absolute atomic E-state index is 0.311. The molecule has 1 heterocycles. The standard InChI is InChI=1S/C9H13NO4S2/c1-16(13,14)10-6-2-3-7-4-5-8(15-7)9(11)12/h4-5,10H,2-3,6H2,1H3,(H,11,12). The first kappa shape index (κ1) is 13.1. The number of hydrogen-bond donors (Lipinski definition) is 2. The Bertz CT molecular complexity index is 464. The van der Waals surface area contributed by atoms with Gasteiger partial charge in [-0.2, -0.15) is 0 Å². The zero-order chi connectivity index (χ0) is 12.2. The van der Waals surface area contributed by atoms with Crippen LogP contribution in [0.5, 0.6) is 0 Å². The summed E-state index contributed by atoms with van der Waals surface area (Å²) in [6, 6.07) is 3.32. The number of thiophene rings is 1. The Balaban J connectivity index is 2.35. The van der Waals surface area contributed by atoms with Crippen molar-refractivity contribution in [3.05, 3.63) is 21.9 Å². The molecule has 7 heteroatoms. The predicted molar refractivity (Wildman–Crippen MR) is 62.4 cm³/mol. The van der Waals surface area contributed by atoms with Gasteiger partial charge in [0.15, 0.2) is 0 Å². The van der Waals surface area contributed by atoms with Crippen molar-refractivity contribution < 1.29 is 18.3 Å². The summed E-state index contributed by atoms with van der Waals surface area (Å²) in [5, 5.41) is 8.70. The zero-order valence-corrected chi connectivity index (χ0v) is 10.4. The van der Waals surface area contributed by atoms with Crippen molar-refractivity contribution in [2.75, 3.05) is 12.8 Å². The lowest BCUT2D eigenvalue weighted by Gasteiger charge is -2.00. The Morgan fingerprint density at radius 1 is 1.50 bits per heavy atom. The van der Waals surface area contributed by atoms with Gasteiger partial charge < -0.3 is 5.11 Å². The maximum Gasteiger partial charge on any atom is 0.345 e. The molecule has 0 amide bonds. The molecule has 1 aromatic rings. The van der Waals surface area contributed by atoms with E-state index < -0.39 is 16.0 Å². The highest BCUT2D eigenvalue weighted by Crippen LogP contribution is 2.17. The van der Waals surface area contributed by atoms with Crippen molar-refractivity contribution >= 4 is 27.3 Å². The topological polar surface area (TPSA) is 83.5 Å². The highest BCUT2D eigenvalue weighted by Gasteiger charge is 2.06. The van der Waals surface area contributed by atoms with E-state index in [1.807, 2.05) is 0 Å². The predicted octanol–water partition coefficient (Wildman–Crippen LogP) is 0.928. The molecule has 16 heavy (non-hydrogen) atoms. The van der Waals surface area contributed by atoms with E-state index in [0.29, 0.717) is 24.3 Å². The first-order chi connectivity index (χ1) is 7.38. The number of rotatable bonds is 6. The average molecular weight is 263 g/mol. The van der Waals surface area contributed by atoms with Crippen LogP contribution in [0, 0.1) is 0 Å². The van der Waals surface area contributed by atoms with Crippen molar-refractivity contribution in [3.8, 4) is 0 Å². The molecule has 0 aliphatic carbocycles. The molecular formula is C9H13NO4S2. The molecule has 0 fully saturated rings. The van der Waals surface area contributed by atoms with Crippen LogP contribution in [0.2, 0.25) is 0 Å². The van der Waals surface area contributed by atoms with E-state index in [4.69, 9.17) is 5.11 Å². The Morgan fingerprint density at radius 2 is 2.19 bits per heavy atom. The lowest BCUT2D eigenvalue weighted by molar-refractivity contribution is 0.0702. The molecule has 0 saturated heterocycles. The largest absolute Gasteiger partial charge is 0.477 e. The summed E-state index contributed by atoms with van der Waals surface area (Å²) in [5.74, 6) is -0.925. The molecule has 1 aromatic heterocycles. The van der Waals surface area contributed by atoms with Gasteiger partial charge in [-0.1, -0.05) is 0 Å². The smallest absolute Gasteiger partial charge is 0.345 e. The summed E-state index contributed by atoms with van der Waals surface area (Å²) in [7, 11) is -3.13. The second-order valence-electron chi connectivity index (χ2n) is 3.34. The van der Waals surface area contributed by atoms with E-state index in [0.717, 1.165) is 11.1 Å². The Hall–Kier alpha value is -0.920. The molecule has 0 spiro atoms. The molecule has 5 nitrogen and oxygen atoms in total. The summed E-state index contributed by atoms with van der Waals surface area (Å²) < 4.78 is 23.9. The van der Waals surface area contributed by atoms with Gasteiger partial charge in [-0.25, -0.2) is 17.9 Å². The normalized spacial score (nSPS) is 11.6. The second-order valence-corrected chi connectivity index (χ2v) is 6.34. The van der Waals surface area contributed by atoms with Gasteiger partial charge in [0.1, 0.15) is 4.88 Å². The summed E-state index contributed by atoms with van der Waals surface area (Å²) in [4.78, 5) is 11.9. The molecule has 90 valence electrons. The number of nitrogens with one attached hydrogen (secondary N) is 1. The fraction of sp³-hybridized carbons (Fsp3) is 0.444. The van der Waals surface area contributed by atoms with Crippen molar-refractivity contribution in [3.63, 3.8) is 0 Å². The van der Waals surface area contributed by atoms with Gasteiger partial charge in [0, 0.05) is 11.4 Å². The minimum Gasteiger partial charge on any atom is -0.477 e. The zero-order valence-electron chi connectivity index (χ0n) is 8.76. The molecule has 0 aliphatic heterocycles. The molecule has 0 bridgehead atoms. The fourth-order valence-electron chi connectivity index (χ4n) is 1.15. The van der Waals surface area contributed by atoms with Gasteiger partial charge in [-0.3, -0.25) is 0 Å². The van der Waals surface area contributed by atoms with Crippen LogP contribution in [0.25, 0.3) is 0 Å². The van der Waals surface area contributed by atoms with Crippen LogP contribution in [0.15, 0.2) is 12.1 Å². The third-order valence-electron chi connectivity index (χ3n) is 1.84. The van der Waals surface area contributed by atoms with E-state index >= 15 is 0 Å². The average Bonchev–Trinajstić information content (AvgIpc) is 2.59. The van der Waals surface area contributed by atoms with Gasteiger partial charge in [-0.15, -0.1) is 11.3 Å². The SMILES string of the molecule is CS(=O)(=O)NCCCc1ccc(C(=O)O)s1. The van der Waals surface area contributed by atoms with Crippen molar-refractivity contribution in [2.45, 2.75) is 12.8 Å². The van der Waals surface area contributed by atoms with Gasteiger partial charge in [0.2, 0.25) is 10.0 Å². The Morgan fingerprint density at radius 3 is 2.69 bits per heavy atom. The second kappa shape index (κ2) is 5.42. The van der Waals surface area contributed by atoms with E-state index in [-0.39, 0.29) is 0 Å². The number of carboxylic acids is 1. The fourth-order valence-corrected chi connectivity index (χ4v) is 2.55. The number of carbonyl (C=O) groups is 1. The van der Waals surface area contributed by atoms with Gasteiger partial charge >= 0.3 is 5.97 Å². The van der Waals surface area contributed by atoms with Crippen LogP contribution in [-0.4, -0.2) is 32.3 Å². The molecule has 0 atom stereocenters. The summed E-state index contributed by atoms with van der Waals surface area (Å²) in [6.45, 7) is 0.374. The number of aryl methyl sites for hydroxylation is 1. The molecule has 0 unspecified atom stereocenters. The molecule has 0 aromatic carbocycles. The minimum atomic E-state index is -3.13. The lowest BCUT2D eigenvalue weighted by atomic mass is 10.3. The number of hydrogen-bond acceptors (Lipinski definition) is 4. The van der Waals surface area contributed by atoms with Crippen LogP contribution in [0.4, 0.5) is 0 Å². The van der Waals surface area contributed by atoms with Crippen LogP contribution >= 0.6 is 11.3 Å². The third kappa shape index (κ3) is 4.73. The van der Waals surface area contributed by atoms with Crippen LogP contribution in [-0.2, 0) is 16.4 Å². The molecule has 0 saturated carbocycles. The highest BCUT2D eigenvalue weighted by molar-refractivity contribution is 7.88. The van der Waals surface area contributed by atoms with Gasteiger partial charge in [-0.05, 0) is 25.0 Å². The molecule has 0 radical (unpaired) electrons. The Labute approximate surface area is 98.2 Å². The summed E-state index contributed by atoms with van der Waals surface area (Å²) in [6.07, 6.45) is 2.45. The monoisotopic (exact) mass is 263 g/mol. The van der Waals surface area contributed by atoms with Crippen LogP contribution in [0.1, 0.15) is 21.0 Å². The third-order valence-corrected chi connectivity index (χ3v) is 3.70. The maximum atomic E-state index is 10.7. The van der Waals surface area contributed by atoms with Gasteiger partial charge in [0.05, 0.1) is 6.26 Å². The Kier molecular flexibility index (Phi) is 4.45. The molecular weight excluding hydrogens is 250 g/mol. The van der Waals surface area contributed by atoms with Crippen molar-refractivity contribution in [1.29, 1.82) is 0 Å². The molecule has 2 N–H and O–H groups in total. The summed E-state index contributed by atoms with van der Waals surface area (Å²) in [5.41, 5.74) is 0. The first-order valence-corrected chi connectivity index (χ1v) is 7.36. The highest BCUT2D eigenvalue weighted by atomic mass is 32.2. The molecule has 0 aliphatic rings. The van der Waals surface area contributed by atoms with Crippen LogP contribution in [0.3, 0.4) is 0 Å². The van der Waals surface area contributed by atoms with Crippen molar-refractivity contribution in [1.82, 2.24) is 4.72 Å². The lowest BCUT2D eigenvalue weighted by Crippen LogP contribution is -2.23. The number of carboxylic acid groups (broad SMARTS) is 1. The quantitative estimate of drug-likeness (QED) is 0.748. The first-order valence-electron chi connectivity index (χ1n) is 4.65. The summed E-state index contributed by atoms with van der Waals surface area (Å²) >= 11 is 1.22. The van der Waals surface area contributed by atoms with E-state index in [9.17, 15) is 13.2 Å². The molecule has 1 rings (SSSR count). The van der Waals surface area contributed by atoms with E-state index in [1.54, 1.807) is 12.1 Å². The van der Waals surface area contributed by atoms with Crippen LogP contribution < -0.4 is 4.72 Å². The van der Waals surface area contributed by atoms with E-state index in [2.05, 4.69) is 4.72 Å². The maximum absolute atomic E-state index is 10.7. The van der Waals surface area contributed by atoms with Gasteiger partial charge in [0.25, 0.3) is 0 Å². The number of aromatic carboxylic acids is 1. The number of sulfonamides is 1.